The van der Waals surface area contributed by atoms with E-state index in [9.17, 15) is 22.8 Å². The van der Waals surface area contributed by atoms with Gasteiger partial charge in [0.25, 0.3) is 0 Å². The van der Waals surface area contributed by atoms with Crippen molar-refractivity contribution in [3.8, 4) is 0 Å². The molecule has 0 saturated carbocycles. The van der Waals surface area contributed by atoms with Crippen molar-refractivity contribution in [1.82, 2.24) is 9.47 Å². The number of anilines is 1. The highest BCUT2D eigenvalue weighted by Crippen LogP contribution is 2.27. The van der Waals surface area contributed by atoms with Crippen molar-refractivity contribution < 1.29 is 27.5 Å². The fourth-order valence-electron chi connectivity index (χ4n) is 4.16. The number of fused-ring (bicyclic) bond motifs is 1. The second kappa shape index (κ2) is 10.3. The maximum atomic E-state index is 13.2. The van der Waals surface area contributed by atoms with Crippen molar-refractivity contribution in [2.45, 2.75) is 31.2 Å². The number of ether oxygens (including phenoxy) is 1. The molecule has 1 saturated heterocycles. The van der Waals surface area contributed by atoms with Crippen LogP contribution in [0.3, 0.4) is 0 Å². The summed E-state index contributed by atoms with van der Waals surface area (Å²) in [6.07, 6.45) is 3.38. The van der Waals surface area contributed by atoms with Crippen LogP contribution in [0.5, 0.6) is 0 Å². The molecule has 2 aromatic carbocycles. The van der Waals surface area contributed by atoms with Gasteiger partial charge in [-0.15, -0.1) is 0 Å². The molecule has 1 fully saturated rings. The Morgan fingerprint density at radius 2 is 1.69 bits per heavy atom. The molecule has 0 unspecified atom stereocenters. The van der Waals surface area contributed by atoms with Gasteiger partial charge in [0.05, 0.1) is 17.1 Å². The van der Waals surface area contributed by atoms with Crippen LogP contribution in [0.25, 0.3) is 10.9 Å². The maximum Gasteiger partial charge on any atom is 0.338 e. The largest absolute Gasteiger partial charge is 0.462 e. The van der Waals surface area contributed by atoms with Gasteiger partial charge >= 0.3 is 5.97 Å². The molecule has 10 heteroatoms. The second-order valence-electron chi connectivity index (χ2n) is 8.33. The molecule has 0 radical (unpaired) electrons. The first-order valence-corrected chi connectivity index (χ1v) is 13.1. The van der Waals surface area contributed by atoms with E-state index in [1.807, 2.05) is 0 Å². The van der Waals surface area contributed by atoms with Crippen LogP contribution in [0.15, 0.2) is 59.6 Å². The summed E-state index contributed by atoms with van der Waals surface area (Å²) in [7, 11) is -4.00. The number of carbonyl (C=O) groups is 3. The van der Waals surface area contributed by atoms with Gasteiger partial charge < -0.3 is 19.5 Å². The minimum absolute atomic E-state index is 0.00938. The van der Waals surface area contributed by atoms with Gasteiger partial charge in [-0.2, -0.15) is 0 Å². The normalized spacial score (nSPS) is 13.7. The standard InChI is InChI=1S/C25H27N3O6S/c1-2-34-25(31)18-9-11-19(12-10-18)26-23(29)17-35(32,33)22-15-28(21-8-4-3-7-20(21)22)16-24(30)27-13-5-6-14-27/h3-4,7-12,15H,2,5-6,13-14,16-17H2,1H3,(H,26,29). The number of benzene rings is 2. The Kier molecular flexibility index (Phi) is 7.20. The van der Waals surface area contributed by atoms with Gasteiger partial charge in [0.2, 0.25) is 11.8 Å². The molecule has 184 valence electrons. The van der Waals surface area contributed by atoms with Gasteiger partial charge in [-0.25, -0.2) is 13.2 Å². The smallest absolute Gasteiger partial charge is 0.338 e. The molecular weight excluding hydrogens is 470 g/mol. The highest BCUT2D eigenvalue weighted by Gasteiger charge is 2.26. The summed E-state index contributed by atoms with van der Waals surface area (Å²) in [5, 5.41) is 3.02. The van der Waals surface area contributed by atoms with Crippen LogP contribution in [0.2, 0.25) is 0 Å². The van der Waals surface area contributed by atoms with E-state index in [1.165, 1.54) is 30.5 Å². The summed E-state index contributed by atoms with van der Waals surface area (Å²) in [5.74, 6) is -2.01. The lowest BCUT2D eigenvalue weighted by Crippen LogP contribution is -2.30. The molecule has 0 atom stereocenters. The summed E-state index contributed by atoms with van der Waals surface area (Å²) >= 11 is 0. The number of esters is 1. The summed E-state index contributed by atoms with van der Waals surface area (Å²) in [4.78, 5) is 38.8. The first-order chi connectivity index (χ1) is 16.8. The summed E-state index contributed by atoms with van der Waals surface area (Å²) in [6, 6.07) is 12.9. The molecule has 35 heavy (non-hydrogen) atoms. The van der Waals surface area contributed by atoms with Crippen molar-refractivity contribution in [3.05, 3.63) is 60.3 Å². The predicted molar refractivity (Wildman–Crippen MR) is 131 cm³/mol. The van der Waals surface area contributed by atoms with E-state index < -0.39 is 27.5 Å². The molecule has 0 bridgehead atoms. The van der Waals surface area contributed by atoms with Crippen LogP contribution in [-0.4, -0.2) is 61.1 Å². The van der Waals surface area contributed by atoms with Crippen LogP contribution in [0.4, 0.5) is 5.69 Å². The van der Waals surface area contributed by atoms with E-state index in [1.54, 1.807) is 40.7 Å². The fraction of sp³-hybridized carbons (Fsp3) is 0.320. The zero-order chi connectivity index (χ0) is 25.0. The minimum atomic E-state index is -4.00. The Hall–Kier alpha value is -3.66. The molecule has 1 aromatic heterocycles. The van der Waals surface area contributed by atoms with E-state index >= 15 is 0 Å². The van der Waals surface area contributed by atoms with Crippen molar-refractivity contribution >= 4 is 44.2 Å². The van der Waals surface area contributed by atoms with E-state index in [4.69, 9.17) is 4.74 Å². The Bertz CT molecular complexity index is 1360. The summed E-state index contributed by atoms with van der Waals surface area (Å²) in [6.45, 7) is 3.41. The van der Waals surface area contributed by atoms with Crippen molar-refractivity contribution in [1.29, 1.82) is 0 Å². The van der Waals surface area contributed by atoms with E-state index in [-0.39, 0.29) is 24.0 Å². The topological polar surface area (TPSA) is 115 Å². The molecular formula is C25H27N3O6S. The molecule has 9 nitrogen and oxygen atoms in total. The lowest BCUT2D eigenvalue weighted by atomic mass is 10.2. The van der Waals surface area contributed by atoms with Gasteiger partial charge in [0.1, 0.15) is 12.3 Å². The van der Waals surface area contributed by atoms with Gasteiger partial charge in [-0.05, 0) is 50.1 Å². The van der Waals surface area contributed by atoms with Crippen molar-refractivity contribution in [2.75, 3.05) is 30.8 Å². The first-order valence-electron chi connectivity index (χ1n) is 11.4. The lowest BCUT2D eigenvalue weighted by molar-refractivity contribution is -0.130. The van der Waals surface area contributed by atoms with Gasteiger partial charge in [-0.3, -0.25) is 9.59 Å². The number of likely N-dealkylation sites (tertiary alicyclic amines) is 1. The monoisotopic (exact) mass is 497 g/mol. The van der Waals surface area contributed by atoms with Crippen LogP contribution in [-0.2, 0) is 30.7 Å². The number of aromatic nitrogens is 1. The zero-order valence-electron chi connectivity index (χ0n) is 19.4. The molecule has 0 aliphatic carbocycles. The molecule has 4 rings (SSSR count). The molecule has 2 amide bonds. The Balaban J connectivity index is 1.50. The maximum absolute atomic E-state index is 13.2. The minimum Gasteiger partial charge on any atom is -0.462 e. The number of nitrogens with one attached hydrogen (secondary N) is 1. The Labute approximate surface area is 203 Å². The number of para-hydroxylation sites is 1. The molecule has 0 spiro atoms. The van der Waals surface area contributed by atoms with Crippen LogP contribution in [0.1, 0.15) is 30.1 Å². The third-order valence-electron chi connectivity index (χ3n) is 5.85. The molecule has 2 heterocycles. The third-order valence-corrected chi connectivity index (χ3v) is 7.49. The highest BCUT2D eigenvalue weighted by atomic mass is 32.2. The van der Waals surface area contributed by atoms with Crippen LogP contribution in [0, 0.1) is 0 Å². The van der Waals surface area contributed by atoms with E-state index in [0.717, 1.165) is 12.8 Å². The molecule has 1 N–H and O–H groups in total. The molecule has 1 aliphatic rings. The number of rotatable bonds is 8. The molecule has 1 aliphatic heterocycles. The number of amides is 2. The lowest BCUT2D eigenvalue weighted by Gasteiger charge is -2.15. The summed E-state index contributed by atoms with van der Waals surface area (Å²) < 4.78 is 32.9. The van der Waals surface area contributed by atoms with Crippen molar-refractivity contribution in [2.24, 2.45) is 0 Å². The van der Waals surface area contributed by atoms with Gasteiger partial charge in [-0.1, -0.05) is 18.2 Å². The number of carbonyl (C=O) groups excluding carboxylic acids is 3. The van der Waals surface area contributed by atoms with Crippen molar-refractivity contribution in [3.63, 3.8) is 0 Å². The highest BCUT2D eigenvalue weighted by molar-refractivity contribution is 7.92. The quantitative estimate of drug-likeness (QED) is 0.479. The summed E-state index contributed by atoms with van der Waals surface area (Å²) in [5.41, 5.74) is 1.30. The Morgan fingerprint density at radius 3 is 2.37 bits per heavy atom. The van der Waals surface area contributed by atoms with Gasteiger partial charge in [0.15, 0.2) is 9.84 Å². The average molecular weight is 498 g/mol. The van der Waals surface area contributed by atoms with Gasteiger partial charge in [0, 0.05) is 35.9 Å². The second-order valence-corrected chi connectivity index (χ2v) is 10.3. The number of hydrogen-bond donors (Lipinski definition) is 1. The number of sulfone groups is 1. The van der Waals surface area contributed by atoms with Crippen LogP contribution < -0.4 is 5.32 Å². The predicted octanol–water partition coefficient (Wildman–Crippen LogP) is 2.85. The van der Waals surface area contributed by atoms with E-state index in [0.29, 0.717) is 35.2 Å². The Morgan fingerprint density at radius 1 is 1.00 bits per heavy atom. The SMILES string of the molecule is CCOC(=O)c1ccc(NC(=O)CS(=O)(=O)c2cn(CC(=O)N3CCCC3)c3ccccc23)cc1. The van der Waals surface area contributed by atoms with Crippen LogP contribution >= 0.6 is 0 Å². The van der Waals surface area contributed by atoms with E-state index in [2.05, 4.69) is 5.32 Å². The zero-order valence-corrected chi connectivity index (χ0v) is 20.2. The number of hydrogen-bond acceptors (Lipinski definition) is 6. The number of nitrogens with zero attached hydrogens (tertiary/aromatic N) is 2. The molecule has 3 aromatic rings. The first kappa shape index (κ1) is 24.5. The average Bonchev–Trinajstić information content (AvgIpc) is 3.49. The fourth-order valence-corrected chi connectivity index (χ4v) is 5.52. The third kappa shape index (κ3) is 5.54.